The molecule has 4 rings (SSSR count). The summed E-state index contributed by atoms with van der Waals surface area (Å²) >= 11 is 3.45. The number of thioether (sulfide) groups is 1. The van der Waals surface area contributed by atoms with E-state index in [1.165, 1.54) is 15.3 Å². The number of thiophene rings is 1. The standard InChI is InChI=1S/C21H19NO2S2/c1-24-15-7-3-14(4-8-15)18-12-26-21-17(11-19(23)22-20(18)21)13-5-9-16(25-2)10-6-13/h3-10,12,17H,11H2,1-2H3,(H,22,23)/t17-/m1/s1. The van der Waals surface area contributed by atoms with Crippen LogP contribution in [-0.2, 0) is 4.79 Å². The summed E-state index contributed by atoms with van der Waals surface area (Å²) in [6.45, 7) is 0. The minimum atomic E-state index is 0.0737. The first-order valence-corrected chi connectivity index (χ1v) is 10.5. The van der Waals surface area contributed by atoms with Crippen LogP contribution in [0, 0.1) is 0 Å². The molecular formula is C21H19NO2S2. The maximum absolute atomic E-state index is 12.4. The van der Waals surface area contributed by atoms with Crippen molar-refractivity contribution in [2.45, 2.75) is 17.2 Å². The van der Waals surface area contributed by atoms with E-state index in [0.717, 1.165) is 22.6 Å². The Labute approximate surface area is 161 Å². The average molecular weight is 382 g/mol. The number of nitrogens with one attached hydrogen (secondary N) is 1. The molecule has 3 nitrogen and oxygen atoms in total. The van der Waals surface area contributed by atoms with E-state index in [1.807, 2.05) is 24.3 Å². The molecule has 0 aliphatic carbocycles. The summed E-state index contributed by atoms with van der Waals surface area (Å²) in [6, 6.07) is 16.5. The number of carbonyl (C=O) groups is 1. The van der Waals surface area contributed by atoms with Crippen LogP contribution in [0.3, 0.4) is 0 Å². The Morgan fingerprint density at radius 2 is 1.85 bits per heavy atom. The van der Waals surface area contributed by atoms with Gasteiger partial charge in [0, 0.05) is 33.1 Å². The lowest BCUT2D eigenvalue weighted by Crippen LogP contribution is -2.22. The highest BCUT2D eigenvalue weighted by Crippen LogP contribution is 2.46. The maximum atomic E-state index is 12.4. The molecule has 1 amide bonds. The zero-order chi connectivity index (χ0) is 18.1. The van der Waals surface area contributed by atoms with Gasteiger partial charge in [0.1, 0.15) is 5.75 Å². The summed E-state index contributed by atoms with van der Waals surface area (Å²) in [5.74, 6) is 1.02. The summed E-state index contributed by atoms with van der Waals surface area (Å²) in [7, 11) is 1.66. The number of fused-ring (bicyclic) bond motifs is 1. The molecule has 0 unspecified atom stereocenters. The lowest BCUT2D eigenvalue weighted by atomic mass is 9.89. The Morgan fingerprint density at radius 1 is 1.12 bits per heavy atom. The van der Waals surface area contributed by atoms with Gasteiger partial charge in [-0.05, 0) is 41.6 Å². The molecule has 1 aliphatic rings. The molecule has 0 saturated heterocycles. The minimum Gasteiger partial charge on any atom is -0.497 e. The SMILES string of the molecule is COc1ccc(-c2csc3c2NC(=O)C[C@@H]3c2ccc(SC)cc2)cc1. The van der Waals surface area contributed by atoms with Crippen molar-refractivity contribution in [3.8, 4) is 16.9 Å². The number of ether oxygens (including phenoxy) is 1. The van der Waals surface area contributed by atoms with Crippen LogP contribution in [-0.4, -0.2) is 19.3 Å². The molecule has 2 aromatic carbocycles. The highest BCUT2D eigenvalue weighted by molar-refractivity contribution is 7.98. The van der Waals surface area contributed by atoms with Gasteiger partial charge in [-0.15, -0.1) is 23.1 Å². The second kappa shape index (κ2) is 7.17. The van der Waals surface area contributed by atoms with Crippen molar-refractivity contribution in [3.63, 3.8) is 0 Å². The predicted octanol–water partition coefficient (Wildman–Crippen LogP) is 5.62. The maximum Gasteiger partial charge on any atom is 0.225 e. The van der Waals surface area contributed by atoms with Gasteiger partial charge in [0.25, 0.3) is 0 Å². The third-order valence-corrected chi connectivity index (χ3v) is 6.55. The fourth-order valence-electron chi connectivity index (χ4n) is 3.32. The quantitative estimate of drug-likeness (QED) is 0.596. The lowest BCUT2D eigenvalue weighted by molar-refractivity contribution is -0.116. The van der Waals surface area contributed by atoms with E-state index in [2.05, 4.69) is 41.2 Å². The first-order chi connectivity index (χ1) is 12.7. The smallest absolute Gasteiger partial charge is 0.225 e. The van der Waals surface area contributed by atoms with Crippen molar-refractivity contribution >= 4 is 34.7 Å². The van der Waals surface area contributed by atoms with E-state index >= 15 is 0 Å². The molecule has 0 bridgehead atoms. The topological polar surface area (TPSA) is 38.3 Å². The number of hydrogen-bond acceptors (Lipinski definition) is 4. The van der Waals surface area contributed by atoms with E-state index in [-0.39, 0.29) is 11.8 Å². The molecule has 1 aliphatic heterocycles. The molecule has 0 fully saturated rings. The van der Waals surface area contributed by atoms with E-state index in [9.17, 15) is 4.79 Å². The number of amides is 1. The number of carbonyl (C=O) groups excluding carboxylic acids is 1. The normalized spacial score (nSPS) is 16.1. The number of anilines is 1. The fraction of sp³-hybridized carbons (Fsp3) is 0.190. The summed E-state index contributed by atoms with van der Waals surface area (Å²) in [6.07, 6.45) is 2.57. The molecule has 0 spiro atoms. The third kappa shape index (κ3) is 3.13. The monoisotopic (exact) mass is 381 g/mol. The van der Waals surface area contributed by atoms with Gasteiger partial charge in [-0.3, -0.25) is 4.79 Å². The van der Waals surface area contributed by atoms with Crippen molar-refractivity contribution in [2.75, 3.05) is 18.7 Å². The number of methoxy groups -OCH3 is 1. The lowest BCUT2D eigenvalue weighted by Gasteiger charge is -2.24. The molecule has 5 heteroatoms. The molecule has 0 radical (unpaired) electrons. The molecule has 1 atom stereocenters. The molecule has 3 aromatic rings. The van der Waals surface area contributed by atoms with Crippen molar-refractivity contribution in [3.05, 3.63) is 64.4 Å². The molecular weight excluding hydrogens is 362 g/mol. The van der Waals surface area contributed by atoms with Gasteiger partial charge >= 0.3 is 0 Å². The van der Waals surface area contributed by atoms with Crippen LogP contribution in [0.4, 0.5) is 5.69 Å². The molecule has 0 saturated carbocycles. The van der Waals surface area contributed by atoms with E-state index in [0.29, 0.717) is 6.42 Å². The van der Waals surface area contributed by atoms with Gasteiger partial charge in [-0.1, -0.05) is 24.3 Å². The highest BCUT2D eigenvalue weighted by atomic mass is 32.2. The molecule has 26 heavy (non-hydrogen) atoms. The molecule has 1 aromatic heterocycles. The number of rotatable bonds is 4. The van der Waals surface area contributed by atoms with Crippen molar-refractivity contribution in [1.29, 1.82) is 0 Å². The van der Waals surface area contributed by atoms with Crippen LogP contribution in [0.5, 0.6) is 5.75 Å². The second-order valence-corrected chi connectivity index (χ2v) is 7.99. The largest absolute Gasteiger partial charge is 0.497 e. The van der Waals surface area contributed by atoms with Crippen LogP contribution in [0.1, 0.15) is 22.8 Å². The van der Waals surface area contributed by atoms with Crippen LogP contribution < -0.4 is 10.1 Å². The van der Waals surface area contributed by atoms with Gasteiger partial charge in [-0.25, -0.2) is 0 Å². The summed E-state index contributed by atoms with van der Waals surface area (Å²) < 4.78 is 5.24. The van der Waals surface area contributed by atoms with Crippen LogP contribution in [0.15, 0.2) is 58.8 Å². The van der Waals surface area contributed by atoms with Crippen molar-refractivity contribution < 1.29 is 9.53 Å². The van der Waals surface area contributed by atoms with Gasteiger partial charge in [0.05, 0.1) is 12.8 Å². The first kappa shape index (κ1) is 17.2. The summed E-state index contributed by atoms with van der Waals surface area (Å²) in [4.78, 5) is 14.8. The van der Waals surface area contributed by atoms with Gasteiger partial charge in [0.15, 0.2) is 0 Å². The fourth-order valence-corrected chi connectivity index (χ4v) is 4.88. The van der Waals surface area contributed by atoms with Gasteiger partial charge in [-0.2, -0.15) is 0 Å². The summed E-state index contributed by atoms with van der Waals surface area (Å²) in [5, 5.41) is 5.23. The van der Waals surface area contributed by atoms with Crippen molar-refractivity contribution in [2.24, 2.45) is 0 Å². The Balaban J connectivity index is 1.74. The predicted molar refractivity (Wildman–Crippen MR) is 110 cm³/mol. The molecule has 1 N–H and O–H groups in total. The Hall–Kier alpha value is -2.24. The Kier molecular flexibility index (Phi) is 4.74. The third-order valence-electron chi connectivity index (χ3n) is 4.71. The first-order valence-electron chi connectivity index (χ1n) is 8.39. The molecule has 132 valence electrons. The Bertz CT molecular complexity index is 930. The second-order valence-electron chi connectivity index (χ2n) is 6.20. The minimum absolute atomic E-state index is 0.0737. The number of hydrogen-bond donors (Lipinski definition) is 1. The van der Waals surface area contributed by atoms with Gasteiger partial charge < -0.3 is 10.1 Å². The highest BCUT2D eigenvalue weighted by Gasteiger charge is 2.30. The van der Waals surface area contributed by atoms with E-state index < -0.39 is 0 Å². The van der Waals surface area contributed by atoms with E-state index in [1.54, 1.807) is 30.2 Å². The van der Waals surface area contributed by atoms with Crippen LogP contribution >= 0.6 is 23.1 Å². The van der Waals surface area contributed by atoms with Crippen LogP contribution in [0.2, 0.25) is 0 Å². The number of benzene rings is 2. The molecule has 2 heterocycles. The zero-order valence-electron chi connectivity index (χ0n) is 14.6. The zero-order valence-corrected chi connectivity index (χ0v) is 16.2. The summed E-state index contributed by atoms with van der Waals surface area (Å²) in [5.41, 5.74) is 4.31. The van der Waals surface area contributed by atoms with Crippen LogP contribution in [0.25, 0.3) is 11.1 Å². The van der Waals surface area contributed by atoms with Gasteiger partial charge in [0.2, 0.25) is 5.91 Å². The van der Waals surface area contributed by atoms with E-state index in [4.69, 9.17) is 4.74 Å². The average Bonchev–Trinajstić information content (AvgIpc) is 3.11. The Morgan fingerprint density at radius 3 is 2.50 bits per heavy atom. The van der Waals surface area contributed by atoms with Crippen molar-refractivity contribution in [1.82, 2.24) is 0 Å².